The number of aromatic nitrogens is 2. The molecule has 0 radical (unpaired) electrons. The molecule has 1 aromatic heterocycles. The molecule has 264 valence electrons. The largest absolute Gasteiger partial charge is 0.480 e. The number of amides is 3. The Kier molecular flexibility index (Phi) is 10.9. The highest BCUT2D eigenvalue weighted by atomic mass is 32.2. The Morgan fingerprint density at radius 3 is 2.45 bits per heavy atom. The fourth-order valence-corrected chi connectivity index (χ4v) is 7.05. The standard InChI is InChI=1S/C36H36N6O8S/c1-4-18-42(31-16-12-24-19-30-28(20-27(24)31)35(46)39-22(3)38-30)25-13-10-23(11-14-25)34(45)40-29(36(47)48)15-17-32(43)37-21(2)33(44)41-51(49,50)26-8-6-5-7-9-26/h1,5-11,13-14,19-21,29,31H,12,15-18H2,2-3H3,(H,37,43)(H,40,45)(H,41,44)(H,47,48)(H,38,39,46)/t21-,29+,31+/m1/s1. The van der Waals surface area contributed by atoms with Crippen molar-refractivity contribution in [2.75, 3.05) is 11.4 Å². The molecule has 5 rings (SSSR count). The van der Waals surface area contributed by atoms with Crippen molar-refractivity contribution in [3.8, 4) is 12.3 Å². The number of carbonyl (C=O) groups excluding carboxylic acids is 3. The van der Waals surface area contributed by atoms with Gasteiger partial charge in [0.05, 0.1) is 28.4 Å². The second-order valence-corrected chi connectivity index (χ2v) is 13.8. The number of H-pyrrole nitrogens is 1. The number of aliphatic carboxylic acids is 1. The summed E-state index contributed by atoms with van der Waals surface area (Å²) in [7, 11) is -4.16. The summed E-state index contributed by atoms with van der Waals surface area (Å²) in [5, 5.41) is 15.0. The number of benzene rings is 3. The van der Waals surface area contributed by atoms with Crippen molar-refractivity contribution in [2.45, 2.75) is 62.6 Å². The fourth-order valence-electron chi connectivity index (χ4n) is 5.98. The first-order chi connectivity index (χ1) is 24.3. The van der Waals surface area contributed by atoms with E-state index in [9.17, 15) is 37.5 Å². The maximum absolute atomic E-state index is 13.1. The molecule has 0 saturated carbocycles. The molecule has 51 heavy (non-hydrogen) atoms. The minimum absolute atomic E-state index is 0.128. The van der Waals surface area contributed by atoms with Crippen LogP contribution >= 0.6 is 0 Å². The van der Waals surface area contributed by atoms with Gasteiger partial charge in [-0.25, -0.2) is 22.9 Å². The Labute approximate surface area is 293 Å². The van der Waals surface area contributed by atoms with Crippen LogP contribution in [0.5, 0.6) is 0 Å². The Hall–Kier alpha value is -6.01. The third-order valence-electron chi connectivity index (χ3n) is 8.55. The summed E-state index contributed by atoms with van der Waals surface area (Å²) in [4.78, 5) is 71.7. The highest BCUT2D eigenvalue weighted by Gasteiger charge is 2.30. The quantitative estimate of drug-likeness (QED) is 0.128. The molecule has 0 bridgehead atoms. The molecular formula is C36H36N6O8S. The number of carboxylic acids is 1. The van der Waals surface area contributed by atoms with Crippen molar-refractivity contribution in [1.29, 1.82) is 0 Å². The summed E-state index contributed by atoms with van der Waals surface area (Å²) in [6.07, 6.45) is 6.57. The molecule has 14 nitrogen and oxygen atoms in total. The predicted molar refractivity (Wildman–Crippen MR) is 188 cm³/mol. The maximum Gasteiger partial charge on any atom is 0.326 e. The van der Waals surface area contributed by atoms with Crippen LogP contribution in [-0.2, 0) is 30.8 Å². The summed E-state index contributed by atoms with van der Waals surface area (Å²) >= 11 is 0. The SMILES string of the molecule is C#CCN(c1ccc(C(=O)N[C@@H](CCC(=O)N[C@H](C)C(=O)NS(=O)(=O)c2ccccc2)C(=O)O)cc1)[C@H]1CCc2cc3nc(C)[nH]c(=O)c3cc21. The van der Waals surface area contributed by atoms with Gasteiger partial charge in [-0.05, 0) is 92.8 Å². The summed E-state index contributed by atoms with van der Waals surface area (Å²) in [5.41, 5.74) is 3.34. The fraction of sp³-hybridized carbons (Fsp3) is 0.278. The van der Waals surface area contributed by atoms with E-state index in [0.29, 0.717) is 16.7 Å². The number of nitrogens with zero attached hydrogens (tertiary/aromatic N) is 2. The van der Waals surface area contributed by atoms with E-state index in [1.165, 1.54) is 43.3 Å². The molecule has 1 aliphatic carbocycles. The molecular weight excluding hydrogens is 676 g/mol. The van der Waals surface area contributed by atoms with Crippen LogP contribution in [0.3, 0.4) is 0 Å². The highest BCUT2D eigenvalue weighted by molar-refractivity contribution is 7.90. The Morgan fingerprint density at radius 1 is 1.08 bits per heavy atom. The molecule has 5 N–H and O–H groups in total. The molecule has 1 aliphatic rings. The summed E-state index contributed by atoms with van der Waals surface area (Å²) < 4.78 is 26.7. The van der Waals surface area contributed by atoms with E-state index < -0.39 is 45.8 Å². The number of sulfonamides is 1. The monoisotopic (exact) mass is 712 g/mol. The molecule has 0 fully saturated rings. The number of carbonyl (C=O) groups is 4. The summed E-state index contributed by atoms with van der Waals surface area (Å²) in [6, 6.07) is 14.7. The van der Waals surface area contributed by atoms with Crippen molar-refractivity contribution in [2.24, 2.45) is 0 Å². The van der Waals surface area contributed by atoms with Gasteiger partial charge in [0.2, 0.25) is 5.91 Å². The van der Waals surface area contributed by atoms with Gasteiger partial charge in [0.25, 0.3) is 27.4 Å². The Balaban J connectivity index is 1.20. The summed E-state index contributed by atoms with van der Waals surface area (Å²) in [5.74, 6) is -0.533. The lowest BCUT2D eigenvalue weighted by atomic mass is 10.0. The van der Waals surface area contributed by atoms with Gasteiger partial charge >= 0.3 is 5.97 Å². The second-order valence-electron chi connectivity index (χ2n) is 12.1. The van der Waals surface area contributed by atoms with Crippen LogP contribution in [-0.4, -0.2) is 65.8 Å². The van der Waals surface area contributed by atoms with Crippen LogP contribution in [0.4, 0.5) is 5.69 Å². The van der Waals surface area contributed by atoms with E-state index in [-0.39, 0.29) is 41.4 Å². The molecule has 1 heterocycles. The highest BCUT2D eigenvalue weighted by Crippen LogP contribution is 2.39. The average molecular weight is 713 g/mol. The smallest absolute Gasteiger partial charge is 0.326 e. The lowest BCUT2D eigenvalue weighted by Gasteiger charge is -2.30. The number of aromatic amines is 1. The van der Waals surface area contributed by atoms with Gasteiger partial charge in [0, 0.05) is 17.7 Å². The molecule has 15 heteroatoms. The Bertz CT molecular complexity index is 2200. The van der Waals surface area contributed by atoms with Crippen molar-refractivity contribution in [3.05, 3.63) is 99.6 Å². The van der Waals surface area contributed by atoms with Gasteiger partial charge in [0.15, 0.2) is 0 Å². The van der Waals surface area contributed by atoms with Crippen LogP contribution in [0, 0.1) is 19.3 Å². The minimum Gasteiger partial charge on any atom is -0.480 e. The number of anilines is 1. The van der Waals surface area contributed by atoms with Crippen molar-refractivity contribution in [1.82, 2.24) is 25.3 Å². The van der Waals surface area contributed by atoms with Crippen molar-refractivity contribution < 1.29 is 32.7 Å². The van der Waals surface area contributed by atoms with E-state index in [0.717, 1.165) is 29.7 Å². The number of terminal acetylenes is 1. The first kappa shape index (κ1) is 36.3. The molecule has 0 saturated heterocycles. The number of carboxylic acid groups (broad SMARTS) is 1. The normalized spacial score (nSPS) is 14.8. The zero-order chi connectivity index (χ0) is 36.9. The molecule has 0 spiro atoms. The third-order valence-corrected chi connectivity index (χ3v) is 9.92. The molecule has 0 unspecified atom stereocenters. The predicted octanol–water partition coefficient (Wildman–Crippen LogP) is 2.33. The molecule has 3 amide bonds. The van der Waals surface area contributed by atoms with Gasteiger partial charge in [-0.3, -0.25) is 19.2 Å². The minimum atomic E-state index is -4.16. The van der Waals surface area contributed by atoms with Crippen LogP contribution in [0.15, 0.2) is 76.4 Å². The van der Waals surface area contributed by atoms with Crippen LogP contribution < -0.4 is 25.8 Å². The number of rotatable bonds is 13. The topological polar surface area (TPSA) is 208 Å². The molecule has 3 aromatic carbocycles. The average Bonchev–Trinajstić information content (AvgIpc) is 3.50. The molecule has 0 aliphatic heterocycles. The Morgan fingerprint density at radius 2 is 1.78 bits per heavy atom. The van der Waals surface area contributed by atoms with E-state index in [4.69, 9.17) is 6.42 Å². The second kappa shape index (κ2) is 15.3. The van der Waals surface area contributed by atoms with Gasteiger partial charge < -0.3 is 25.6 Å². The van der Waals surface area contributed by atoms with E-state index in [1.807, 2.05) is 21.8 Å². The van der Waals surface area contributed by atoms with E-state index in [2.05, 4.69) is 26.5 Å². The molecule has 3 atom stereocenters. The zero-order valence-corrected chi connectivity index (χ0v) is 28.6. The number of fused-ring (bicyclic) bond motifs is 2. The maximum atomic E-state index is 13.1. The number of hydrogen-bond acceptors (Lipinski definition) is 9. The lowest BCUT2D eigenvalue weighted by Crippen LogP contribution is -2.47. The van der Waals surface area contributed by atoms with Crippen LogP contribution in [0.2, 0.25) is 0 Å². The first-order valence-electron chi connectivity index (χ1n) is 16.1. The van der Waals surface area contributed by atoms with Crippen LogP contribution in [0.25, 0.3) is 10.9 Å². The van der Waals surface area contributed by atoms with Gasteiger partial charge in [-0.15, -0.1) is 6.42 Å². The van der Waals surface area contributed by atoms with Gasteiger partial charge in [-0.1, -0.05) is 24.1 Å². The number of nitrogens with one attached hydrogen (secondary N) is 4. The van der Waals surface area contributed by atoms with Crippen molar-refractivity contribution in [3.63, 3.8) is 0 Å². The van der Waals surface area contributed by atoms with Crippen molar-refractivity contribution >= 4 is 50.3 Å². The number of hydrogen-bond donors (Lipinski definition) is 5. The lowest BCUT2D eigenvalue weighted by molar-refractivity contribution is -0.139. The van der Waals surface area contributed by atoms with Gasteiger partial charge in [-0.2, -0.15) is 0 Å². The first-order valence-corrected chi connectivity index (χ1v) is 17.5. The summed E-state index contributed by atoms with van der Waals surface area (Å²) in [6.45, 7) is 3.27. The third kappa shape index (κ3) is 8.42. The van der Waals surface area contributed by atoms with Gasteiger partial charge in [0.1, 0.15) is 17.9 Å². The van der Waals surface area contributed by atoms with E-state index >= 15 is 0 Å². The van der Waals surface area contributed by atoms with E-state index in [1.54, 1.807) is 25.1 Å². The molecule has 4 aromatic rings. The zero-order valence-electron chi connectivity index (χ0n) is 27.8. The van der Waals surface area contributed by atoms with Crippen LogP contribution in [0.1, 0.15) is 59.5 Å². The number of aryl methyl sites for hydroxylation is 2.